The SMILES string of the molecule is CN(C)c1cc(NCC(O)CCl)c(O)c2c1C[C@H]1C[C@H]3[C@H](N(C)C)C(=O)C(C(N)=O)=C(O)[C@@]3(O)C(=O)C1=C2O. The Bertz CT molecular complexity index is 1320. The van der Waals surface area contributed by atoms with Crippen molar-refractivity contribution < 1.29 is 39.9 Å². The number of phenolic OH excluding ortho intramolecular Hbond substituents is 1. The number of carbonyl (C=O) groups is 3. The maximum atomic E-state index is 14.0. The molecular formula is C26H33ClN4O8. The Labute approximate surface area is 230 Å². The number of phenols is 1. The van der Waals surface area contributed by atoms with Crippen molar-refractivity contribution in [3.05, 3.63) is 34.1 Å². The van der Waals surface area contributed by atoms with E-state index in [1.807, 2.05) is 0 Å². The van der Waals surface area contributed by atoms with Crippen LogP contribution in [0, 0.1) is 11.8 Å². The fourth-order valence-electron chi connectivity index (χ4n) is 6.11. The molecule has 0 saturated heterocycles. The Hall–Kier alpha value is -3.32. The first kappa shape index (κ1) is 28.7. The first-order valence-electron chi connectivity index (χ1n) is 12.4. The number of alkyl halides is 1. The van der Waals surface area contributed by atoms with Crippen LogP contribution in [-0.4, -0.2) is 106 Å². The number of hydrogen-bond donors (Lipinski definition) is 7. The molecule has 1 fully saturated rings. The molecule has 3 aliphatic rings. The highest BCUT2D eigenvalue weighted by Crippen LogP contribution is 2.54. The minimum absolute atomic E-state index is 0.00130. The third-order valence-electron chi connectivity index (χ3n) is 7.89. The quantitative estimate of drug-likeness (QED) is 0.134. The van der Waals surface area contributed by atoms with Crippen LogP contribution in [-0.2, 0) is 20.8 Å². The molecule has 1 amide bonds. The van der Waals surface area contributed by atoms with E-state index in [0.717, 1.165) is 0 Å². The van der Waals surface area contributed by atoms with Crippen molar-refractivity contribution in [1.82, 2.24) is 4.90 Å². The van der Waals surface area contributed by atoms with Gasteiger partial charge < -0.3 is 41.5 Å². The molecule has 0 aliphatic heterocycles. The third kappa shape index (κ3) is 4.22. The van der Waals surface area contributed by atoms with Crippen LogP contribution in [0.25, 0.3) is 5.76 Å². The van der Waals surface area contributed by atoms with Gasteiger partial charge in [-0.2, -0.15) is 0 Å². The summed E-state index contributed by atoms with van der Waals surface area (Å²) >= 11 is 5.67. The number of halogens is 1. The molecular weight excluding hydrogens is 532 g/mol. The summed E-state index contributed by atoms with van der Waals surface area (Å²) in [6.07, 6.45) is -0.748. The molecule has 0 radical (unpaired) electrons. The molecule has 1 aromatic carbocycles. The van der Waals surface area contributed by atoms with Gasteiger partial charge in [-0.25, -0.2) is 0 Å². The van der Waals surface area contributed by atoms with Gasteiger partial charge in [-0.1, -0.05) is 0 Å². The lowest BCUT2D eigenvalue weighted by Crippen LogP contribution is -2.65. The number of ketones is 2. The van der Waals surface area contributed by atoms with Gasteiger partial charge in [0.15, 0.2) is 11.4 Å². The van der Waals surface area contributed by atoms with E-state index in [2.05, 4.69) is 5.32 Å². The molecule has 39 heavy (non-hydrogen) atoms. The fraction of sp³-hybridized carbons (Fsp3) is 0.500. The first-order chi connectivity index (χ1) is 18.2. The molecule has 0 spiro atoms. The van der Waals surface area contributed by atoms with E-state index in [9.17, 15) is 39.9 Å². The molecule has 1 unspecified atom stereocenters. The van der Waals surface area contributed by atoms with Crippen molar-refractivity contribution in [2.24, 2.45) is 17.6 Å². The second-order valence-electron chi connectivity index (χ2n) is 10.7. The first-order valence-corrected chi connectivity index (χ1v) is 12.9. The molecule has 12 nitrogen and oxygen atoms in total. The number of anilines is 2. The number of rotatable bonds is 7. The van der Waals surface area contributed by atoms with Gasteiger partial charge in [0, 0.05) is 37.8 Å². The number of amides is 1. The van der Waals surface area contributed by atoms with Crippen LogP contribution < -0.4 is 16.0 Å². The minimum Gasteiger partial charge on any atom is -0.508 e. The molecule has 13 heteroatoms. The predicted molar refractivity (Wildman–Crippen MR) is 144 cm³/mol. The average Bonchev–Trinajstić information content (AvgIpc) is 2.84. The Morgan fingerprint density at radius 1 is 1.23 bits per heavy atom. The Morgan fingerprint density at radius 2 is 1.87 bits per heavy atom. The summed E-state index contributed by atoms with van der Waals surface area (Å²) in [5.74, 6) is -7.16. The number of nitrogens with zero attached hydrogens (tertiary/aromatic N) is 2. The lowest BCUT2D eigenvalue weighted by molar-refractivity contribution is -0.153. The third-order valence-corrected chi connectivity index (χ3v) is 8.24. The minimum atomic E-state index is -2.70. The van der Waals surface area contributed by atoms with Crippen molar-refractivity contribution in [3.63, 3.8) is 0 Å². The zero-order valence-corrected chi connectivity index (χ0v) is 22.8. The van der Waals surface area contributed by atoms with Crippen molar-refractivity contribution in [1.29, 1.82) is 0 Å². The zero-order chi connectivity index (χ0) is 29.1. The summed E-state index contributed by atoms with van der Waals surface area (Å²) in [4.78, 5) is 42.5. The van der Waals surface area contributed by atoms with Gasteiger partial charge in [0.2, 0.25) is 5.78 Å². The molecule has 1 saturated carbocycles. The lowest BCUT2D eigenvalue weighted by Gasteiger charge is -2.50. The Kier molecular flexibility index (Phi) is 7.36. The molecule has 1 aromatic rings. The van der Waals surface area contributed by atoms with Crippen LogP contribution in [0.5, 0.6) is 5.75 Å². The van der Waals surface area contributed by atoms with Crippen LogP contribution in [0.4, 0.5) is 11.4 Å². The molecule has 0 heterocycles. The highest BCUT2D eigenvalue weighted by Gasteiger charge is 2.64. The van der Waals surface area contributed by atoms with E-state index in [1.165, 1.54) is 4.90 Å². The van der Waals surface area contributed by atoms with E-state index < -0.39 is 64.1 Å². The number of benzene rings is 1. The van der Waals surface area contributed by atoms with Gasteiger partial charge in [0.25, 0.3) is 5.91 Å². The van der Waals surface area contributed by atoms with E-state index in [-0.39, 0.29) is 47.8 Å². The van der Waals surface area contributed by atoms with E-state index in [0.29, 0.717) is 11.3 Å². The number of hydrogen-bond acceptors (Lipinski definition) is 11. The van der Waals surface area contributed by atoms with Crippen molar-refractivity contribution >= 4 is 46.2 Å². The number of nitrogens with two attached hydrogens (primary N) is 1. The van der Waals surface area contributed by atoms with Crippen LogP contribution in [0.3, 0.4) is 0 Å². The van der Waals surface area contributed by atoms with Gasteiger partial charge in [0.05, 0.1) is 29.3 Å². The number of aliphatic hydroxyl groups is 4. The van der Waals surface area contributed by atoms with Gasteiger partial charge >= 0.3 is 0 Å². The maximum absolute atomic E-state index is 14.0. The van der Waals surface area contributed by atoms with E-state index in [1.54, 1.807) is 39.2 Å². The molecule has 3 aliphatic carbocycles. The lowest BCUT2D eigenvalue weighted by atomic mass is 9.57. The monoisotopic (exact) mass is 564 g/mol. The normalized spacial score (nSPS) is 27.2. The number of primary amides is 1. The Morgan fingerprint density at radius 3 is 2.41 bits per heavy atom. The van der Waals surface area contributed by atoms with E-state index >= 15 is 0 Å². The van der Waals surface area contributed by atoms with Gasteiger partial charge in [-0.3, -0.25) is 19.3 Å². The Balaban J connectivity index is 1.94. The van der Waals surface area contributed by atoms with Crippen LogP contribution in [0.2, 0.25) is 0 Å². The number of aliphatic hydroxyl groups excluding tert-OH is 3. The van der Waals surface area contributed by atoms with Crippen molar-refractivity contribution in [2.75, 3.05) is 50.8 Å². The highest BCUT2D eigenvalue weighted by atomic mass is 35.5. The number of likely N-dealkylation sites (N-methyl/N-ethyl adjacent to an activating group) is 1. The van der Waals surface area contributed by atoms with Crippen LogP contribution >= 0.6 is 11.6 Å². The number of aromatic hydroxyl groups is 1. The van der Waals surface area contributed by atoms with Crippen LogP contribution in [0.15, 0.2) is 23.0 Å². The van der Waals surface area contributed by atoms with Gasteiger partial charge in [-0.05, 0) is 44.5 Å². The molecule has 5 atom stereocenters. The number of fused-ring (bicyclic) bond motifs is 3. The number of nitrogens with one attached hydrogen (secondary N) is 1. The molecule has 4 rings (SSSR count). The largest absolute Gasteiger partial charge is 0.508 e. The summed E-state index contributed by atoms with van der Waals surface area (Å²) in [6, 6.07) is 0.499. The standard InChI is InChI=1S/C26H33ClN4O8/c1-30(2)15-7-14(29-9-11(32)8-27)20(33)17-12(15)5-10-6-13-19(31(3)4)22(35)18(25(28)38)24(37)26(13,39)23(36)16(10)21(17)34/h7,10-11,13,19,29,32-34,37,39H,5-6,8-9H2,1-4H3,(H2,28,38)/t10-,11?,13-,19-,26-/m0/s1. The molecule has 8 N–H and O–H groups in total. The smallest absolute Gasteiger partial charge is 0.255 e. The summed E-state index contributed by atoms with van der Waals surface area (Å²) in [5.41, 5.74) is 2.83. The zero-order valence-electron chi connectivity index (χ0n) is 22.0. The number of Topliss-reactive ketones (excluding diaryl/α,β-unsaturated/α-hetero) is 2. The average molecular weight is 565 g/mol. The predicted octanol–water partition coefficient (Wildman–Crippen LogP) is 0.0416. The van der Waals surface area contributed by atoms with Crippen LogP contribution in [0.1, 0.15) is 17.5 Å². The second kappa shape index (κ2) is 10.0. The van der Waals surface area contributed by atoms with E-state index in [4.69, 9.17) is 17.3 Å². The summed E-state index contributed by atoms with van der Waals surface area (Å²) in [7, 11) is 6.62. The van der Waals surface area contributed by atoms with Crippen molar-refractivity contribution in [2.45, 2.75) is 30.6 Å². The highest BCUT2D eigenvalue weighted by molar-refractivity contribution is 6.24. The van der Waals surface area contributed by atoms with Crippen molar-refractivity contribution in [3.8, 4) is 5.75 Å². The summed E-state index contributed by atoms with van der Waals surface area (Å²) in [6.45, 7) is -0.00243. The second-order valence-corrected chi connectivity index (χ2v) is 11.0. The summed E-state index contributed by atoms with van der Waals surface area (Å²) < 4.78 is 0. The number of carbonyl (C=O) groups excluding carboxylic acids is 3. The summed E-state index contributed by atoms with van der Waals surface area (Å²) in [5, 5.41) is 58.0. The maximum Gasteiger partial charge on any atom is 0.255 e. The van der Waals surface area contributed by atoms with Gasteiger partial charge in [0.1, 0.15) is 22.8 Å². The van der Waals surface area contributed by atoms with Gasteiger partial charge in [-0.15, -0.1) is 11.6 Å². The molecule has 0 aromatic heterocycles. The topological polar surface area (TPSA) is 197 Å². The molecule has 0 bridgehead atoms. The molecule has 212 valence electrons. The fourth-order valence-corrected chi connectivity index (χ4v) is 6.22.